The minimum Gasteiger partial charge on any atom is -0.393 e. The van der Waals surface area contributed by atoms with E-state index < -0.39 is 0 Å². The third kappa shape index (κ3) is 3.28. The van der Waals surface area contributed by atoms with Crippen molar-refractivity contribution in [3.8, 4) is 6.07 Å². The predicted octanol–water partition coefficient (Wildman–Crippen LogP) is 2.60. The molecule has 6 nitrogen and oxygen atoms in total. The normalized spacial score (nSPS) is 25.0. The summed E-state index contributed by atoms with van der Waals surface area (Å²) in [7, 11) is 0. The van der Waals surface area contributed by atoms with Gasteiger partial charge in [-0.25, -0.2) is 9.97 Å². The minimum atomic E-state index is -0.355. The minimum absolute atomic E-state index is 0.0716. The zero-order chi connectivity index (χ0) is 18.0. The lowest BCUT2D eigenvalue weighted by molar-refractivity contribution is -0.173. The quantitative estimate of drug-likeness (QED) is 0.896. The monoisotopic (exact) mass is 350 g/mol. The number of aliphatic hydroxyl groups excluding tert-OH is 1. The largest absolute Gasteiger partial charge is 0.393 e. The number of ether oxygens (including phenoxy) is 1. The number of piperidine rings is 1. The van der Waals surface area contributed by atoms with Crippen molar-refractivity contribution in [3.63, 3.8) is 0 Å². The molecule has 2 aliphatic heterocycles. The van der Waals surface area contributed by atoms with E-state index in [0.29, 0.717) is 24.4 Å². The fourth-order valence-electron chi connectivity index (χ4n) is 4.12. The molecule has 1 N–H and O–H groups in total. The molecule has 1 aromatic heterocycles. The van der Waals surface area contributed by atoms with Crippen LogP contribution < -0.4 is 4.90 Å². The summed E-state index contributed by atoms with van der Waals surface area (Å²) >= 11 is 0. The van der Waals surface area contributed by atoms with E-state index in [4.69, 9.17) is 4.74 Å². The van der Waals surface area contributed by atoms with Crippen molar-refractivity contribution in [3.05, 3.63) is 54.0 Å². The van der Waals surface area contributed by atoms with Crippen LogP contribution in [0.4, 0.5) is 5.82 Å². The number of rotatable bonds is 2. The highest BCUT2D eigenvalue weighted by Crippen LogP contribution is 2.43. The van der Waals surface area contributed by atoms with Crippen LogP contribution in [0.1, 0.15) is 43.0 Å². The number of nitriles is 1. The van der Waals surface area contributed by atoms with Gasteiger partial charge in [-0.3, -0.25) is 0 Å². The van der Waals surface area contributed by atoms with E-state index in [1.54, 1.807) is 12.4 Å². The van der Waals surface area contributed by atoms with E-state index >= 15 is 0 Å². The van der Waals surface area contributed by atoms with Crippen LogP contribution >= 0.6 is 0 Å². The first-order valence-corrected chi connectivity index (χ1v) is 9.06. The molecular formula is C20H22N4O2. The fourth-order valence-corrected chi connectivity index (χ4v) is 4.12. The average Bonchev–Trinajstić information content (AvgIpc) is 2.69. The second kappa shape index (κ2) is 7.02. The van der Waals surface area contributed by atoms with Crippen LogP contribution in [0.25, 0.3) is 0 Å². The number of aliphatic hydroxyl groups is 1. The molecule has 0 radical (unpaired) electrons. The van der Waals surface area contributed by atoms with E-state index in [1.165, 1.54) is 0 Å². The molecule has 6 heteroatoms. The van der Waals surface area contributed by atoms with Crippen LogP contribution in [-0.4, -0.2) is 39.9 Å². The van der Waals surface area contributed by atoms with E-state index in [0.717, 1.165) is 31.5 Å². The first-order chi connectivity index (χ1) is 12.7. The molecular weight excluding hydrogens is 328 g/mol. The number of aromatic nitrogens is 2. The Morgan fingerprint density at radius 3 is 2.62 bits per heavy atom. The maximum atomic E-state index is 10.5. The van der Waals surface area contributed by atoms with Gasteiger partial charge in [0.1, 0.15) is 6.07 Å². The maximum absolute atomic E-state index is 10.5. The van der Waals surface area contributed by atoms with Crippen molar-refractivity contribution in [2.75, 3.05) is 18.0 Å². The number of nitrogens with zero attached hydrogens (tertiary/aromatic N) is 4. The standard InChI is InChI=1S/C20H22N4O2/c21-14-17-19(23-9-8-22-17)24-10-6-20(7-11-24)13-16(25)12-18(26-20)15-4-2-1-3-5-15/h1-5,8-9,16,18,25H,6-7,10-13H2/t16-,18+/m0/s1. The van der Waals surface area contributed by atoms with Crippen LogP contribution in [0.15, 0.2) is 42.7 Å². The van der Waals surface area contributed by atoms with E-state index in [2.05, 4.69) is 33.1 Å². The smallest absolute Gasteiger partial charge is 0.183 e. The molecule has 2 aromatic rings. The number of benzene rings is 1. The molecule has 0 aliphatic carbocycles. The molecule has 134 valence electrons. The fraction of sp³-hybridized carbons (Fsp3) is 0.450. The Labute approximate surface area is 153 Å². The van der Waals surface area contributed by atoms with Crippen molar-refractivity contribution < 1.29 is 9.84 Å². The highest BCUT2D eigenvalue weighted by Gasteiger charge is 2.44. The van der Waals surface area contributed by atoms with Crippen LogP contribution in [-0.2, 0) is 4.74 Å². The third-order valence-electron chi connectivity index (χ3n) is 5.42. The zero-order valence-electron chi connectivity index (χ0n) is 14.6. The van der Waals surface area contributed by atoms with Gasteiger partial charge in [0, 0.05) is 38.3 Å². The number of hydrogen-bond donors (Lipinski definition) is 1. The van der Waals surface area contributed by atoms with Gasteiger partial charge in [-0.05, 0) is 18.4 Å². The molecule has 26 heavy (non-hydrogen) atoms. The molecule has 4 rings (SSSR count). The highest BCUT2D eigenvalue weighted by atomic mass is 16.5. The molecule has 2 saturated heterocycles. The first kappa shape index (κ1) is 17.0. The van der Waals surface area contributed by atoms with Gasteiger partial charge in [0.2, 0.25) is 0 Å². The summed E-state index contributed by atoms with van der Waals surface area (Å²) < 4.78 is 6.52. The Balaban J connectivity index is 1.50. The summed E-state index contributed by atoms with van der Waals surface area (Å²) in [5.41, 5.74) is 1.16. The van der Waals surface area contributed by atoms with E-state index in [1.807, 2.05) is 18.2 Å². The molecule has 1 spiro atoms. The molecule has 2 atom stereocenters. The van der Waals surface area contributed by atoms with Gasteiger partial charge in [0.05, 0.1) is 17.8 Å². The highest BCUT2D eigenvalue weighted by molar-refractivity contribution is 5.49. The Hall–Kier alpha value is -2.49. The summed E-state index contributed by atoms with van der Waals surface area (Å²) in [5.74, 6) is 0.640. The lowest BCUT2D eigenvalue weighted by atomic mass is 9.81. The average molecular weight is 350 g/mol. The lowest BCUT2D eigenvalue weighted by Gasteiger charge is -2.48. The zero-order valence-corrected chi connectivity index (χ0v) is 14.6. The van der Waals surface area contributed by atoms with Gasteiger partial charge in [-0.2, -0.15) is 5.26 Å². The van der Waals surface area contributed by atoms with Crippen molar-refractivity contribution in [2.24, 2.45) is 0 Å². The topological polar surface area (TPSA) is 82.3 Å². The van der Waals surface area contributed by atoms with Gasteiger partial charge in [0.25, 0.3) is 0 Å². The van der Waals surface area contributed by atoms with Crippen LogP contribution in [0, 0.1) is 11.3 Å². The third-order valence-corrected chi connectivity index (χ3v) is 5.42. The molecule has 3 heterocycles. The van der Waals surface area contributed by atoms with Gasteiger partial charge in [-0.15, -0.1) is 0 Å². The Morgan fingerprint density at radius 1 is 1.15 bits per heavy atom. The van der Waals surface area contributed by atoms with Gasteiger partial charge in [0.15, 0.2) is 11.5 Å². The Kier molecular flexibility index (Phi) is 4.58. The van der Waals surface area contributed by atoms with Gasteiger partial charge in [-0.1, -0.05) is 30.3 Å². The Bertz CT molecular complexity index is 797. The molecule has 0 unspecified atom stereocenters. The van der Waals surface area contributed by atoms with Gasteiger partial charge < -0.3 is 14.7 Å². The molecule has 1 aromatic carbocycles. The summed E-state index contributed by atoms with van der Waals surface area (Å²) in [6, 6.07) is 12.2. The van der Waals surface area contributed by atoms with E-state index in [-0.39, 0.29) is 17.8 Å². The van der Waals surface area contributed by atoms with Crippen LogP contribution in [0.5, 0.6) is 0 Å². The number of hydrogen-bond acceptors (Lipinski definition) is 6. The SMILES string of the molecule is N#Cc1nccnc1N1CCC2(CC1)C[C@@H](O)C[C@H](c1ccccc1)O2. The van der Waals surface area contributed by atoms with Crippen LogP contribution in [0.2, 0.25) is 0 Å². The molecule has 2 fully saturated rings. The lowest BCUT2D eigenvalue weighted by Crippen LogP contribution is -2.51. The van der Waals surface area contributed by atoms with Crippen LogP contribution in [0.3, 0.4) is 0 Å². The summed E-state index contributed by atoms with van der Waals surface area (Å²) in [5, 5.41) is 19.7. The second-order valence-corrected chi connectivity index (χ2v) is 7.12. The summed E-state index contributed by atoms with van der Waals surface area (Å²) in [4.78, 5) is 10.5. The van der Waals surface area contributed by atoms with Crippen molar-refractivity contribution >= 4 is 5.82 Å². The van der Waals surface area contributed by atoms with Crippen molar-refractivity contribution in [1.29, 1.82) is 5.26 Å². The molecule has 0 bridgehead atoms. The summed E-state index contributed by atoms with van der Waals surface area (Å²) in [6.07, 6.45) is 5.63. The van der Waals surface area contributed by atoms with Crippen molar-refractivity contribution in [2.45, 2.75) is 43.5 Å². The molecule has 2 aliphatic rings. The maximum Gasteiger partial charge on any atom is 0.183 e. The second-order valence-electron chi connectivity index (χ2n) is 7.12. The van der Waals surface area contributed by atoms with Gasteiger partial charge >= 0.3 is 0 Å². The van der Waals surface area contributed by atoms with E-state index in [9.17, 15) is 10.4 Å². The predicted molar refractivity (Wildman–Crippen MR) is 96.4 cm³/mol. The number of anilines is 1. The molecule has 0 saturated carbocycles. The Morgan fingerprint density at radius 2 is 1.88 bits per heavy atom. The van der Waals surface area contributed by atoms with Crippen molar-refractivity contribution in [1.82, 2.24) is 9.97 Å². The molecule has 0 amide bonds. The summed E-state index contributed by atoms with van der Waals surface area (Å²) in [6.45, 7) is 1.48. The first-order valence-electron chi connectivity index (χ1n) is 9.06.